The minimum Gasteiger partial charge on any atom is -0.464 e. The van der Waals surface area contributed by atoms with Crippen molar-refractivity contribution >= 4 is 46.4 Å². The summed E-state index contributed by atoms with van der Waals surface area (Å²) in [5, 5.41) is 11.2. The zero-order valence-corrected chi connectivity index (χ0v) is 24.0. The molecule has 2 aromatic heterocycles. The van der Waals surface area contributed by atoms with Gasteiger partial charge in [-0.3, -0.25) is 4.79 Å². The molecule has 40 heavy (non-hydrogen) atoms. The molecule has 5 rings (SSSR count). The van der Waals surface area contributed by atoms with Crippen molar-refractivity contribution in [3.05, 3.63) is 46.4 Å². The minimum absolute atomic E-state index is 0.0264. The highest BCUT2D eigenvalue weighted by Gasteiger charge is 2.34. The molecule has 1 saturated carbocycles. The Bertz CT molecular complexity index is 1480. The van der Waals surface area contributed by atoms with E-state index < -0.39 is 17.8 Å². The van der Waals surface area contributed by atoms with Crippen molar-refractivity contribution in [2.75, 3.05) is 18.0 Å². The SMILES string of the molecule is Cc1c(N(C(=O)O)C(=O)OC(C)(C)C)ncnc1-n1ccc2c(C3CCCCC3)c(C(=O)N3CCC3)c(Cl)cc21. The first-order valence-electron chi connectivity index (χ1n) is 13.7. The number of rotatable bonds is 4. The number of carbonyl (C=O) groups is 3. The molecule has 0 unspecified atom stereocenters. The number of fused-ring (bicyclic) bond motifs is 1. The molecule has 212 valence electrons. The average Bonchev–Trinajstić information content (AvgIpc) is 3.25. The van der Waals surface area contributed by atoms with E-state index in [1.165, 1.54) is 12.7 Å². The topological polar surface area (TPSA) is 118 Å². The molecule has 1 aliphatic heterocycles. The summed E-state index contributed by atoms with van der Waals surface area (Å²) in [6.07, 6.45) is 6.82. The van der Waals surface area contributed by atoms with Gasteiger partial charge in [0.2, 0.25) is 0 Å². The van der Waals surface area contributed by atoms with Crippen LogP contribution < -0.4 is 4.90 Å². The average molecular weight is 568 g/mol. The number of aromatic nitrogens is 3. The van der Waals surface area contributed by atoms with Crippen LogP contribution in [0.5, 0.6) is 0 Å². The first-order valence-corrected chi connectivity index (χ1v) is 14.1. The molecule has 1 aromatic carbocycles. The fourth-order valence-electron chi connectivity index (χ4n) is 5.63. The van der Waals surface area contributed by atoms with Gasteiger partial charge in [0.1, 0.15) is 17.7 Å². The zero-order chi connectivity index (χ0) is 28.8. The van der Waals surface area contributed by atoms with Gasteiger partial charge in [-0.25, -0.2) is 19.6 Å². The minimum atomic E-state index is -1.52. The molecule has 10 nitrogen and oxygen atoms in total. The number of hydrogen-bond acceptors (Lipinski definition) is 6. The highest BCUT2D eigenvalue weighted by atomic mass is 35.5. The van der Waals surface area contributed by atoms with Gasteiger partial charge in [0, 0.05) is 30.2 Å². The van der Waals surface area contributed by atoms with E-state index in [2.05, 4.69) is 9.97 Å². The Labute approximate surface area is 237 Å². The predicted molar refractivity (Wildman–Crippen MR) is 152 cm³/mol. The second-order valence-corrected chi connectivity index (χ2v) is 11.9. The van der Waals surface area contributed by atoms with Crippen LogP contribution in [0.15, 0.2) is 24.7 Å². The fourth-order valence-corrected chi connectivity index (χ4v) is 5.92. The quantitative estimate of drug-likeness (QED) is 0.373. The van der Waals surface area contributed by atoms with Gasteiger partial charge in [0.25, 0.3) is 5.91 Å². The van der Waals surface area contributed by atoms with Crippen molar-refractivity contribution in [3.8, 4) is 5.82 Å². The lowest BCUT2D eigenvalue weighted by Crippen LogP contribution is -2.42. The summed E-state index contributed by atoms with van der Waals surface area (Å²) in [4.78, 5) is 49.4. The lowest BCUT2D eigenvalue weighted by Gasteiger charge is -2.33. The third-order valence-corrected chi connectivity index (χ3v) is 7.89. The molecule has 1 saturated heterocycles. The third-order valence-electron chi connectivity index (χ3n) is 7.60. The molecule has 0 spiro atoms. The summed E-state index contributed by atoms with van der Waals surface area (Å²) >= 11 is 6.89. The number of amides is 3. The maximum Gasteiger partial charge on any atom is 0.425 e. The Morgan fingerprint density at radius 1 is 1.10 bits per heavy atom. The standard InChI is InChI=1S/C29H34ClN5O5/c1-17-24(31-16-32-25(17)35(27(37)38)28(39)40-29(2,3)4)34-14-11-19-21(34)15-20(30)23(26(36)33-12-8-13-33)22(19)18-9-6-5-7-10-18/h11,14-16,18H,5-10,12-13H2,1-4H3,(H,37,38). The first-order chi connectivity index (χ1) is 19.0. The van der Waals surface area contributed by atoms with E-state index >= 15 is 0 Å². The Hall–Kier alpha value is -3.66. The molecule has 11 heteroatoms. The highest BCUT2D eigenvalue weighted by Crippen LogP contribution is 2.43. The summed E-state index contributed by atoms with van der Waals surface area (Å²) < 4.78 is 7.13. The number of anilines is 1. The Kier molecular flexibility index (Phi) is 7.48. The number of carbonyl (C=O) groups excluding carboxylic acids is 2. The van der Waals surface area contributed by atoms with Crippen molar-refractivity contribution in [2.24, 2.45) is 0 Å². The number of carboxylic acid groups (broad SMARTS) is 1. The van der Waals surface area contributed by atoms with E-state index in [0.717, 1.165) is 61.7 Å². The number of imide groups is 1. The smallest absolute Gasteiger partial charge is 0.425 e. The van der Waals surface area contributed by atoms with Crippen LogP contribution in [0.3, 0.4) is 0 Å². The number of benzene rings is 1. The number of ether oxygens (including phenoxy) is 1. The van der Waals surface area contributed by atoms with Gasteiger partial charge < -0.3 is 19.3 Å². The van der Waals surface area contributed by atoms with E-state index in [-0.39, 0.29) is 17.6 Å². The summed E-state index contributed by atoms with van der Waals surface area (Å²) in [6, 6.07) is 3.74. The van der Waals surface area contributed by atoms with Gasteiger partial charge in [0.15, 0.2) is 5.82 Å². The molecule has 3 aromatic rings. The lowest BCUT2D eigenvalue weighted by molar-refractivity contribution is 0.0579. The van der Waals surface area contributed by atoms with Crippen LogP contribution in [-0.2, 0) is 4.74 Å². The highest BCUT2D eigenvalue weighted by molar-refractivity contribution is 6.35. The second-order valence-electron chi connectivity index (χ2n) is 11.5. The Morgan fingerprint density at radius 3 is 2.40 bits per heavy atom. The van der Waals surface area contributed by atoms with E-state index in [4.69, 9.17) is 16.3 Å². The normalized spacial score (nSPS) is 16.1. The van der Waals surface area contributed by atoms with Crippen LogP contribution in [0.25, 0.3) is 16.7 Å². The lowest BCUT2D eigenvalue weighted by atomic mass is 9.80. The molecule has 3 amide bonds. The van der Waals surface area contributed by atoms with Gasteiger partial charge in [-0.05, 0) is 70.6 Å². The van der Waals surface area contributed by atoms with Crippen LogP contribution >= 0.6 is 11.6 Å². The van der Waals surface area contributed by atoms with Gasteiger partial charge in [-0.2, -0.15) is 4.90 Å². The molecular formula is C29H34ClN5O5. The van der Waals surface area contributed by atoms with Gasteiger partial charge in [0.05, 0.1) is 16.1 Å². The van der Waals surface area contributed by atoms with Crippen LogP contribution in [0.4, 0.5) is 15.4 Å². The molecule has 1 N–H and O–H groups in total. The maximum atomic E-state index is 13.5. The van der Waals surface area contributed by atoms with Gasteiger partial charge in [-0.15, -0.1) is 0 Å². The summed E-state index contributed by atoms with van der Waals surface area (Å²) in [6.45, 7) is 8.09. The van der Waals surface area contributed by atoms with E-state index in [9.17, 15) is 19.5 Å². The predicted octanol–water partition coefficient (Wildman–Crippen LogP) is 6.70. The molecule has 0 atom stereocenters. The van der Waals surface area contributed by atoms with Crippen LogP contribution in [-0.4, -0.2) is 61.3 Å². The molecular weight excluding hydrogens is 534 g/mol. The second kappa shape index (κ2) is 10.7. The largest absolute Gasteiger partial charge is 0.464 e. The molecule has 2 aliphatic rings. The summed E-state index contributed by atoms with van der Waals surface area (Å²) in [7, 11) is 0. The summed E-state index contributed by atoms with van der Waals surface area (Å²) in [5.41, 5.74) is 1.77. The monoisotopic (exact) mass is 567 g/mol. The Balaban J connectivity index is 1.65. The van der Waals surface area contributed by atoms with Crippen molar-refractivity contribution < 1.29 is 24.2 Å². The molecule has 2 fully saturated rings. The van der Waals surface area contributed by atoms with Crippen molar-refractivity contribution in [1.29, 1.82) is 0 Å². The van der Waals surface area contributed by atoms with Crippen molar-refractivity contribution in [1.82, 2.24) is 19.4 Å². The van der Waals surface area contributed by atoms with E-state index in [1.54, 1.807) is 38.3 Å². The molecule has 0 bridgehead atoms. The molecule has 3 heterocycles. The van der Waals surface area contributed by atoms with Crippen molar-refractivity contribution in [2.45, 2.75) is 77.7 Å². The van der Waals surface area contributed by atoms with Crippen LogP contribution in [0.2, 0.25) is 5.02 Å². The summed E-state index contributed by atoms with van der Waals surface area (Å²) in [5.74, 6) is 0.475. The molecule has 1 aliphatic carbocycles. The van der Waals surface area contributed by atoms with Crippen LogP contribution in [0.1, 0.15) is 86.7 Å². The van der Waals surface area contributed by atoms with E-state index in [1.807, 2.05) is 17.2 Å². The Morgan fingerprint density at radius 2 is 1.80 bits per heavy atom. The fraction of sp³-hybridized carbons (Fsp3) is 0.483. The zero-order valence-electron chi connectivity index (χ0n) is 23.2. The van der Waals surface area contributed by atoms with E-state index in [0.29, 0.717) is 26.9 Å². The van der Waals surface area contributed by atoms with Crippen LogP contribution in [0, 0.1) is 6.92 Å². The number of halogens is 1. The van der Waals surface area contributed by atoms with Gasteiger partial charge >= 0.3 is 12.2 Å². The maximum absolute atomic E-state index is 13.5. The number of hydrogen-bond donors (Lipinski definition) is 1. The van der Waals surface area contributed by atoms with Crippen molar-refractivity contribution in [3.63, 3.8) is 0 Å². The number of likely N-dealkylation sites (tertiary alicyclic amines) is 1. The molecule has 0 radical (unpaired) electrons. The number of nitrogens with zero attached hydrogens (tertiary/aromatic N) is 5. The third kappa shape index (κ3) is 5.12. The first kappa shape index (κ1) is 27.9. The van der Waals surface area contributed by atoms with Gasteiger partial charge in [-0.1, -0.05) is 30.9 Å².